The van der Waals surface area contributed by atoms with Crippen molar-refractivity contribution in [2.75, 3.05) is 66.1 Å². The lowest BCUT2D eigenvalue weighted by atomic mass is 9.89. The van der Waals surface area contributed by atoms with Crippen molar-refractivity contribution >= 4 is 58.9 Å². The molecule has 8 amide bonds. The Morgan fingerprint density at radius 2 is 1.44 bits per heavy atom. The van der Waals surface area contributed by atoms with Gasteiger partial charge in [0.1, 0.15) is 17.6 Å². The van der Waals surface area contributed by atoms with Crippen molar-refractivity contribution in [1.82, 2.24) is 30.7 Å². The van der Waals surface area contributed by atoms with Gasteiger partial charge in [0.15, 0.2) is 0 Å². The maximum absolute atomic E-state index is 14.5. The number of anilines is 1. The number of nitrogens with one attached hydrogen (secondary N) is 4. The molecule has 2 aliphatic rings. The molecule has 0 aromatic heterocycles. The van der Waals surface area contributed by atoms with Crippen LogP contribution in [0.15, 0.2) is 54.6 Å². The number of likely N-dealkylation sites (N-methyl/N-ethyl adjacent to an activating group) is 1. The highest BCUT2D eigenvalue weighted by Gasteiger charge is 2.44. The van der Waals surface area contributed by atoms with Crippen LogP contribution in [0.4, 0.5) is 5.69 Å². The van der Waals surface area contributed by atoms with Crippen molar-refractivity contribution in [1.29, 1.82) is 0 Å². The first-order chi connectivity index (χ1) is 37.0. The fraction of sp³-hybridized carbons (Fsp3) is 0.632. The minimum absolute atomic E-state index is 0.0399. The second-order valence-corrected chi connectivity index (χ2v) is 21.2. The van der Waals surface area contributed by atoms with E-state index >= 15 is 0 Å². The quantitative estimate of drug-likeness (QED) is 0.0502. The molecular weight excluding hydrogens is 1010 g/mol. The molecule has 0 saturated carbocycles. The molecule has 0 unspecified atom stereocenters. The van der Waals surface area contributed by atoms with E-state index in [1.165, 1.54) is 37.9 Å². The first-order valence-electron chi connectivity index (χ1n) is 27.2. The number of amides is 8. The number of imide groups is 1. The van der Waals surface area contributed by atoms with E-state index in [-0.39, 0.29) is 94.0 Å². The first-order valence-corrected chi connectivity index (χ1v) is 27.2. The van der Waals surface area contributed by atoms with E-state index < -0.39 is 77.4 Å². The Kier molecular flexibility index (Phi) is 25.8. The zero-order chi connectivity index (χ0) is 57.7. The third-order valence-corrected chi connectivity index (χ3v) is 14.7. The number of hydrogen-bond acceptors (Lipinski definition) is 13. The Morgan fingerprint density at radius 1 is 0.795 bits per heavy atom. The summed E-state index contributed by atoms with van der Waals surface area (Å²) in [7, 11) is 4.59. The summed E-state index contributed by atoms with van der Waals surface area (Å²) >= 11 is 0. The number of β-lactam (4-membered cyclic amide) rings is 1. The molecule has 0 radical (unpaired) electrons. The van der Waals surface area contributed by atoms with Crippen molar-refractivity contribution in [3.8, 4) is 0 Å². The van der Waals surface area contributed by atoms with Crippen molar-refractivity contribution in [2.45, 2.75) is 155 Å². The van der Waals surface area contributed by atoms with E-state index in [2.05, 4.69) is 21.3 Å². The second kappa shape index (κ2) is 31.3. The Bertz CT molecular complexity index is 2330. The lowest BCUT2D eigenvalue weighted by molar-refractivity contribution is -0.152. The summed E-state index contributed by atoms with van der Waals surface area (Å²) in [5.74, 6) is -5.28. The molecule has 2 aliphatic heterocycles. The van der Waals surface area contributed by atoms with Crippen LogP contribution in [0.5, 0.6) is 0 Å². The van der Waals surface area contributed by atoms with Crippen LogP contribution in [0.1, 0.15) is 111 Å². The average Bonchev–Trinajstić information content (AvgIpc) is 3.91. The highest BCUT2D eigenvalue weighted by molar-refractivity contribution is 5.99. The van der Waals surface area contributed by atoms with E-state index in [1.54, 1.807) is 69.1 Å². The Morgan fingerprint density at radius 3 is 1.99 bits per heavy atom. The molecule has 21 heteroatoms. The molecule has 0 spiro atoms. The molecule has 78 heavy (non-hydrogen) atoms. The number of carbonyl (C=O) groups is 9. The van der Waals surface area contributed by atoms with Crippen molar-refractivity contribution < 1.29 is 67.2 Å². The normalized spacial score (nSPS) is 17.2. The Hall–Kier alpha value is -6.29. The van der Waals surface area contributed by atoms with Gasteiger partial charge in [0.05, 0.1) is 69.5 Å². The molecule has 432 valence electrons. The smallest absolute Gasteiger partial charge is 0.326 e. The van der Waals surface area contributed by atoms with Gasteiger partial charge in [0, 0.05) is 65.7 Å². The Balaban J connectivity index is 1.23. The molecule has 0 aliphatic carbocycles. The van der Waals surface area contributed by atoms with Crippen LogP contribution in [-0.4, -0.2) is 176 Å². The van der Waals surface area contributed by atoms with Crippen molar-refractivity contribution in [3.63, 3.8) is 0 Å². The van der Waals surface area contributed by atoms with Crippen LogP contribution in [0.2, 0.25) is 0 Å². The van der Waals surface area contributed by atoms with Crippen LogP contribution in [0.25, 0.3) is 0 Å². The van der Waals surface area contributed by atoms with Gasteiger partial charge in [-0.3, -0.25) is 43.3 Å². The number of methoxy groups -OCH3 is 2. The number of benzene rings is 2. The van der Waals surface area contributed by atoms with Crippen LogP contribution < -0.4 is 21.3 Å². The maximum Gasteiger partial charge on any atom is 0.326 e. The number of hydrogen-bond donors (Lipinski definition) is 5. The van der Waals surface area contributed by atoms with Gasteiger partial charge in [0.25, 0.3) is 0 Å². The van der Waals surface area contributed by atoms with Crippen LogP contribution in [0, 0.1) is 17.8 Å². The third kappa shape index (κ3) is 19.0. The molecule has 2 aromatic rings. The predicted octanol–water partition coefficient (Wildman–Crippen LogP) is 3.90. The van der Waals surface area contributed by atoms with Gasteiger partial charge >= 0.3 is 5.97 Å². The summed E-state index contributed by atoms with van der Waals surface area (Å²) in [5.41, 5.74) is 0.846. The standard InChI is InChI=1S/C57H85N7O14/c1-11-37(4)51(44(75-9)35-49(69)63-28-15-18-43(63)52(76-10)38(5)53(70)59-42(55(72)73)34-40-16-13-12-14-17-40)62(8)54(71)50(36(2)3)60-56(74)57(6,7)61-46(66)27-31-78-33-32-77-30-26-45(65)58-41-22-19-39(20-23-41)21-24-47(67)64-29-25-48(64)68/h12-14,16-17,19-20,22-23,36-38,42-44,50-52H,11,15,18,21,24-35H2,1-10H3,(H,58,65)(H,59,70)(H,60,74)(H,61,66)(H,72,73)/t37-,38+,42-,43-,44+,50-,51-,52+/m0/s1. The summed E-state index contributed by atoms with van der Waals surface area (Å²) in [6.45, 7) is 13.7. The highest BCUT2D eigenvalue weighted by Crippen LogP contribution is 2.30. The van der Waals surface area contributed by atoms with E-state index in [1.807, 2.05) is 32.0 Å². The summed E-state index contributed by atoms with van der Waals surface area (Å²) in [6, 6.07) is 12.9. The average molecular weight is 1090 g/mol. The molecule has 2 heterocycles. The van der Waals surface area contributed by atoms with E-state index in [0.29, 0.717) is 50.9 Å². The lowest BCUT2D eigenvalue weighted by Gasteiger charge is -2.41. The zero-order valence-corrected chi connectivity index (χ0v) is 47.3. The second-order valence-electron chi connectivity index (χ2n) is 21.2. The maximum atomic E-state index is 14.5. The van der Waals surface area contributed by atoms with Gasteiger partial charge in [-0.1, -0.05) is 83.5 Å². The van der Waals surface area contributed by atoms with Crippen molar-refractivity contribution in [3.05, 3.63) is 65.7 Å². The predicted molar refractivity (Wildman–Crippen MR) is 290 cm³/mol. The number of likely N-dealkylation sites (tertiary alicyclic amines) is 2. The number of carbonyl (C=O) groups excluding carboxylic acids is 8. The fourth-order valence-corrected chi connectivity index (χ4v) is 9.78. The molecule has 2 fully saturated rings. The fourth-order valence-electron chi connectivity index (χ4n) is 9.78. The van der Waals surface area contributed by atoms with Crippen LogP contribution in [0.3, 0.4) is 0 Å². The molecule has 0 bridgehead atoms. The molecular formula is C57H85N7O14. The lowest BCUT2D eigenvalue weighted by Crippen LogP contribution is -2.62. The summed E-state index contributed by atoms with van der Waals surface area (Å²) in [4.78, 5) is 122. The van der Waals surface area contributed by atoms with Gasteiger partial charge in [-0.2, -0.15) is 0 Å². The van der Waals surface area contributed by atoms with Gasteiger partial charge < -0.3 is 55.1 Å². The summed E-state index contributed by atoms with van der Waals surface area (Å²) in [6.07, 6.45) is 1.51. The minimum Gasteiger partial charge on any atom is -0.480 e. The van der Waals surface area contributed by atoms with E-state index in [9.17, 15) is 48.3 Å². The number of rotatable bonds is 33. The summed E-state index contributed by atoms with van der Waals surface area (Å²) in [5, 5.41) is 21.0. The largest absolute Gasteiger partial charge is 0.480 e. The number of aliphatic carboxylic acids is 1. The van der Waals surface area contributed by atoms with Crippen molar-refractivity contribution in [2.24, 2.45) is 17.8 Å². The molecule has 2 saturated heterocycles. The van der Waals surface area contributed by atoms with E-state index in [0.717, 1.165) is 11.1 Å². The highest BCUT2D eigenvalue weighted by atomic mass is 16.5. The Labute approximate surface area is 459 Å². The van der Waals surface area contributed by atoms with Gasteiger partial charge in [-0.25, -0.2) is 4.79 Å². The van der Waals surface area contributed by atoms with Gasteiger partial charge in [0.2, 0.25) is 47.3 Å². The van der Waals surface area contributed by atoms with Gasteiger partial charge in [-0.05, 0) is 68.2 Å². The topological polar surface area (TPSA) is 269 Å². The first kappa shape index (κ1) is 64.2. The monoisotopic (exact) mass is 1090 g/mol. The molecule has 5 N–H and O–H groups in total. The molecule has 2 aromatic carbocycles. The number of carboxylic acid groups (broad SMARTS) is 1. The number of ether oxygens (including phenoxy) is 4. The van der Waals surface area contributed by atoms with E-state index in [4.69, 9.17) is 18.9 Å². The molecule has 21 nitrogen and oxygen atoms in total. The zero-order valence-electron chi connectivity index (χ0n) is 47.3. The molecule has 8 atom stereocenters. The number of carboxylic acids is 1. The SMILES string of the molecule is CC[C@H](C)[C@@H]([C@@H](CC(=O)N1CCC[C@H]1[C@H](OC)[C@@H](C)C(=O)N[C@@H](Cc1ccccc1)C(=O)O)OC)N(C)C(=O)[C@@H](NC(=O)C(C)(C)NC(=O)CCOCCOCCC(=O)Nc1ccc(CCC(=O)N2CCC2=O)cc1)C(C)C. The van der Waals surface area contributed by atoms with Crippen LogP contribution in [-0.2, 0) is 74.9 Å². The third-order valence-electron chi connectivity index (χ3n) is 14.7. The summed E-state index contributed by atoms with van der Waals surface area (Å²) < 4.78 is 23.0. The molecule has 4 rings (SSSR count). The number of nitrogens with zero attached hydrogens (tertiary/aromatic N) is 3. The minimum atomic E-state index is -1.42. The number of aryl methyl sites for hydroxylation is 1. The van der Waals surface area contributed by atoms with Gasteiger partial charge in [-0.15, -0.1) is 0 Å². The van der Waals surface area contributed by atoms with Crippen LogP contribution >= 0.6 is 0 Å².